The monoisotopic (exact) mass is 644 g/mol. The fourth-order valence-corrected chi connectivity index (χ4v) is 6.84. The van der Waals surface area contributed by atoms with E-state index in [2.05, 4.69) is 9.88 Å². The van der Waals surface area contributed by atoms with Gasteiger partial charge in [-0.05, 0) is 56.0 Å². The summed E-state index contributed by atoms with van der Waals surface area (Å²) in [5, 5.41) is 12.0. The molecule has 46 heavy (non-hydrogen) atoms. The first kappa shape index (κ1) is 32.9. The van der Waals surface area contributed by atoms with Crippen LogP contribution in [-0.2, 0) is 23.2 Å². The minimum absolute atomic E-state index is 0.0170. The van der Waals surface area contributed by atoms with Crippen LogP contribution in [-0.4, -0.2) is 89.6 Å². The molecule has 1 unspecified atom stereocenters. The van der Waals surface area contributed by atoms with Gasteiger partial charge in [-0.3, -0.25) is 19.3 Å². The predicted octanol–water partition coefficient (Wildman–Crippen LogP) is 3.63. The van der Waals surface area contributed by atoms with Gasteiger partial charge < -0.3 is 23.8 Å². The molecule has 2 saturated heterocycles. The molecular weight excluding hydrogens is 604 g/mol. The van der Waals surface area contributed by atoms with Crippen molar-refractivity contribution in [1.29, 1.82) is 5.26 Å². The van der Waals surface area contributed by atoms with E-state index in [9.17, 15) is 19.6 Å². The molecule has 5 rings (SSSR count). The maximum atomic E-state index is 13.6. The van der Waals surface area contributed by atoms with E-state index in [-0.39, 0.29) is 28.9 Å². The molecule has 0 aliphatic carbocycles. The third-order valence-corrected chi connectivity index (χ3v) is 9.77. The van der Waals surface area contributed by atoms with E-state index in [1.54, 1.807) is 42.3 Å². The second-order valence-electron chi connectivity index (χ2n) is 11.8. The average molecular weight is 645 g/mol. The number of thiazole rings is 1. The first-order valence-electron chi connectivity index (χ1n) is 15.4. The van der Waals surface area contributed by atoms with Gasteiger partial charge in [0.05, 0.1) is 25.7 Å². The highest BCUT2D eigenvalue weighted by atomic mass is 32.1. The summed E-state index contributed by atoms with van der Waals surface area (Å²) >= 11 is 1.36. The normalized spacial score (nSPS) is 17.5. The van der Waals surface area contributed by atoms with E-state index < -0.39 is 0 Å². The Morgan fingerprint density at radius 3 is 2.37 bits per heavy atom. The molecule has 12 heteroatoms. The van der Waals surface area contributed by atoms with E-state index in [1.807, 2.05) is 43.1 Å². The van der Waals surface area contributed by atoms with Crippen molar-refractivity contribution in [3.8, 4) is 28.7 Å². The molecule has 0 N–H and O–H groups in total. The molecule has 0 spiro atoms. The van der Waals surface area contributed by atoms with Crippen LogP contribution in [0.15, 0.2) is 40.3 Å². The van der Waals surface area contributed by atoms with Crippen molar-refractivity contribution in [1.82, 2.24) is 24.3 Å². The van der Waals surface area contributed by atoms with Gasteiger partial charge in [0, 0.05) is 81.8 Å². The highest BCUT2D eigenvalue weighted by Crippen LogP contribution is 2.37. The van der Waals surface area contributed by atoms with Gasteiger partial charge in [-0.25, -0.2) is 4.98 Å². The number of hydrogen-bond acceptors (Lipinski definition) is 9. The number of pyridine rings is 1. The molecule has 2 aliphatic rings. The molecule has 4 heterocycles. The van der Waals surface area contributed by atoms with Crippen LogP contribution >= 0.6 is 11.3 Å². The Morgan fingerprint density at radius 1 is 1.07 bits per heavy atom. The maximum absolute atomic E-state index is 13.6. The van der Waals surface area contributed by atoms with Crippen LogP contribution < -0.4 is 15.0 Å². The van der Waals surface area contributed by atoms with Crippen molar-refractivity contribution in [2.45, 2.75) is 33.2 Å². The van der Waals surface area contributed by atoms with Gasteiger partial charge in [-0.1, -0.05) is 0 Å². The van der Waals surface area contributed by atoms with Crippen LogP contribution in [0.5, 0.6) is 11.5 Å². The maximum Gasteiger partial charge on any atom is 0.264 e. The van der Waals surface area contributed by atoms with Gasteiger partial charge >= 0.3 is 0 Å². The number of aromatic nitrogens is 2. The number of hydrogen-bond donors (Lipinski definition) is 0. The van der Waals surface area contributed by atoms with Gasteiger partial charge in [-0.15, -0.1) is 11.3 Å². The van der Waals surface area contributed by atoms with Crippen LogP contribution in [0.25, 0.3) is 17.2 Å². The molecule has 2 amide bonds. The van der Waals surface area contributed by atoms with Gasteiger partial charge in [0.1, 0.15) is 28.1 Å². The number of amides is 2. The third-order valence-electron chi connectivity index (χ3n) is 9.04. The summed E-state index contributed by atoms with van der Waals surface area (Å²) in [6, 6.07) is 5.99. The smallest absolute Gasteiger partial charge is 0.264 e. The first-order chi connectivity index (χ1) is 22.1. The molecule has 3 aromatic rings. The lowest BCUT2D eigenvalue weighted by atomic mass is 9.95. The largest absolute Gasteiger partial charge is 0.496 e. The van der Waals surface area contributed by atoms with Crippen LogP contribution in [0, 0.1) is 31.1 Å². The number of ether oxygens (including phenoxy) is 2. The van der Waals surface area contributed by atoms with Crippen LogP contribution in [0.1, 0.15) is 34.5 Å². The highest BCUT2D eigenvalue weighted by Gasteiger charge is 2.34. The number of nitrogens with zero attached hydrogens (tertiary/aromatic N) is 6. The van der Waals surface area contributed by atoms with E-state index in [1.165, 1.54) is 17.4 Å². The summed E-state index contributed by atoms with van der Waals surface area (Å²) in [6.07, 6.45) is 6.43. The number of carbonyl (C=O) groups is 2. The topological polar surface area (TPSA) is 121 Å². The molecule has 1 aromatic carbocycles. The molecule has 0 radical (unpaired) electrons. The van der Waals surface area contributed by atoms with Crippen molar-refractivity contribution >= 4 is 29.2 Å². The van der Waals surface area contributed by atoms with Gasteiger partial charge in [0.15, 0.2) is 0 Å². The molecule has 242 valence electrons. The van der Waals surface area contributed by atoms with Crippen molar-refractivity contribution < 1.29 is 19.1 Å². The number of likely N-dealkylation sites (tertiary alicyclic amines) is 1. The summed E-state index contributed by atoms with van der Waals surface area (Å²) in [5.41, 5.74) is 4.42. The SMILES string of the molecule is COc1cc(-c2cn(C)c(=O)c(C)c2C)cc(OC)c1CN1CCN(C(=O)C2CCCN(C(=O)/C(C#N)=C/c3nccs3)C2)CC1. The fraction of sp³-hybridized carbons (Fsp3) is 0.441. The molecule has 2 fully saturated rings. The number of benzene rings is 1. The van der Waals surface area contributed by atoms with E-state index in [0.29, 0.717) is 74.3 Å². The van der Waals surface area contributed by atoms with Crippen molar-refractivity contribution in [3.63, 3.8) is 0 Å². The zero-order chi connectivity index (χ0) is 33.0. The van der Waals surface area contributed by atoms with E-state index in [0.717, 1.165) is 28.7 Å². The minimum Gasteiger partial charge on any atom is -0.496 e. The van der Waals surface area contributed by atoms with Crippen LogP contribution in [0.4, 0.5) is 0 Å². The third kappa shape index (κ3) is 6.85. The lowest BCUT2D eigenvalue weighted by Gasteiger charge is -2.39. The summed E-state index contributed by atoms with van der Waals surface area (Å²) in [6.45, 7) is 7.74. The number of rotatable bonds is 8. The molecule has 0 saturated carbocycles. The average Bonchev–Trinajstić information content (AvgIpc) is 3.61. The zero-order valence-corrected chi connectivity index (χ0v) is 27.9. The Labute approximate surface area is 273 Å². The second-order valence-corrected chi connectivity index (χ2v) is 12.7. The number of piperazine rings is 1. The standard InChI is InChI=1S/C34H40N6O5S/c1-22-23(2)32(41)37(3)20-27(22)25-15-29(44-4)28(30(16-25)45-5)21-38-10-12-39(13-11-38)33(42)24-7-6-9-40(19-24)34(43)26(18-35)17-31-36-8-14-46-31/h8,14-17,20,24H,6-7,9-13,19,21H2,1-5H3/b26-17+. The predicted molar refractivity (Wildman–Crippen MR) is 177 cm³/mol. The van der Waals surface area contributed by atoms with Crippen LogP contribution in [0.2, 0.25) is 0 Å². The molecule has 2 aliphatic heterocycles. The Bertz CT molecular complexity index is 1710. The molecule has 11 nitrogen and oxygen atoms in total. The molecule has 2 aromatic heterocycles. The minimum atomic E-state index is -0.351. The van der Waals surface area contributed by atoms with Gasteiger partial charge in [0.2, 0.25) is 5.91 Å². The summed E-state index contributed by atoms with van der Waals surface area (Å²) < 4.78 is 13.3. The molecule has 1 atom stereocenters. The number of methoxy groups -OCH3 is 2. The van der Waals surface area contributed by atoms with Crippen molar-refractivity contribution in [2.24, 2.45) is 13.0 Å². The number of aryl methyl sites for hydroxylation is 1. The molecule has 0 bridgehead atoms. The van der Waals surface area contributed by atoms with Crippen LogP contribution in [0.3, 0.4) is 0 Å². The Morgan fingerprint density at radius 2 is 1.76 bits per heavy atom. The van der Waals surface area contributed by atoms with E-state index in [4.69, 9.17) is 9.47 Å². The van der Waals surface area contributed by atoms with E-state index >= 15 is 0 Å². The highest BCUT2D eigenvalue weighted by molar-refractivity contribution is 7.10. The number of piperidine rings is 1. The first-order valence-corrected chi connectivity index (χ1v) is 16.3. The Hall–Kier alpha value is -4.47. The summed E-state index contributed by atoms with van der Waals surface area (Å²) in [7, 11) is 5.04. The van der Waals surface area contributed by atoms with Gasteiger partial charge in [0.25, 0.3) is 11.5 Å². The van der Waals surface area contributed by atoms with Gasteiger partial charge in [-0.2, -0.15) is 5.26 Å². The molecular formula is C34H40N6O5S. The quantitative estimate of drug-likeness (QED) is 0.269. The van der Waals surface area contributed by atoms with Crippen molar-refractivity contribution in [2.75, 3.05) is 53.5 Å². The lowest BCUT2D eigenvalue weighted by molar-refractivity contribution is -0.141. The summed E-state index contributed by atoms with van der Waals surface area (Å²) in [4.78, 5) is 49.1. The Balaban J connectivity index is 1.24. The number of nitriles is 1. The van der Waals surface area contributed by atoms with Crippen molar-refractivity contribution in [3.05, 3.63) is 67.5 Å². The fourth-order valence-electron chi connectivity index (χ4n) is 6.28. The second kappa shape index (κ2) is 14.3. The summed E-state index contributed by atoms with van der Waals surface area (Å²) in [5.74, 6) is 0.816. The zero-order valence-electron chi connectivity index (χ0n) is 27.0. The number of carbonyl (C=O) groups excluding carboxylic acids is 2. The Kier molecular flexibility index (Phi) is 10.2. The lowest BCUT2D eigenvalue weighted by Crippen LogP contribution is -2.52.